The summed E-state index contributed by atoms with van der Waals surface area (Å²) in [6.45, 7) is 0. The van der Waals surface area contributed by atoms with E-state index in [0.717, 1.165) is 24.7 Å². The van der Waals surface area contributed by atoms with Crippen molar-refractivity contribution in [3.63, 3.8) is 0 Å². The summed E-state index contributed by atoms with van der Waals surface area (Å²) in [6, 6.07) is 5.45. The molecular formula is C21H27N3O2. The summed E-state index contributed by atoms with van der Waals surface area (Å²) in [5.41, 5.74) is 0. The Labute approximate surface area is 154 Å². The lowest BCUT2D eigenvalue weighted by molar-refractivity contribution is -0.122. The highest BCUT2D eigenvalue weighted by molar-refractivity contribution is 5.94. The molecule has 0 radical (unpaired) electrons. The molecule has 4 saturated carbocycles. The monoisotopic (exact) mass is 353 g/mol. The highest BCUT2D eigenvalue weighted by Crippen LogP contribution is 2.49. The van der Waals surface area contributed by atoms with Crippen LogP contribution in [0.5, 0.6) is 0 Å². The Morgan fingerprint density at radius 2 is 1.27 bits per heavy atom. The lowest BCUT2D eigenvalue weighted by atomic mass is 9.88. The summed E-state index contributed by atoms with van der Waals surface area (Å²) >= 11 is 0. The van der Waals surface area contributed by atoms with E-state index in [4.69, 9.17) is 0 Å². The van der Waals surface area contributed by atoms with Crippen LogP contribution in [0, 0.1) is 35.5 Å². The van der Waals surface area contributed by atoms with E-state index in [1.54, 1.807) is 12.1 Å². The second-order valence-electron chi connectivity index (χ2n) is 8.95. The molecule has 5 heteroatoms. The molecule has 1 aromatic heterocycles. The standard InChI is InChI=1S/C21H27N3O2/c25-20(16-10-12-4-6-14(16)8-12)23-18-2-1-3-19(22-18)24-21(26)17-11-13-5-7-15(17)9-13/h1-3,12-17H,4-11H2,(H2,22,23,24,25,26). The molecule has 5 nitrogen and oxygen atoms in total. The molecule has 0 spiro atoms. The van der Waals surface area contributed by atoms with Crippen LogP contribution in [0.25, 0.3) is 0 Å². The van der Waals surface area contributed by atoms with E-state index in [-0.39, 0.29) is 23.7 Å². The van der Waals surface area contributed by atoms with Gasteiger partial charge in [-0.05, 0) is 74.3 Å². The highest BCUT2D eigenvalue weighted by atomic mass is 16.2. The van der Waals surface area contributed by atoms with Crippen LogP contribution in [0.2, 0.25) is 0 Å². The summed E-state index contributed by atoms with van der Waals surface area (Å²) in [5, 5.41) is 5.96. The molecular weight excluding hydrogens is 326 g/mol. The van der Waals surface area contributed by atoms with E-state index in [0.29, 0.717) is 23.5 Å². The smallest absolute Gasteiger partial charge is 0.228 e. The van der Waals surface area contributed by atoms with Crippen LogP contribution in [0.1, 0.15) is 51.4 Å². The highest BCUT2D eigenvalue weighted by Gasteiger charge is 2.44. The maximum absolute atomic E-state index is 12.6. The predicted octanol–water partition coefficient (Wildman–Crippen LogP) is 3.83. The molecule has 0 aromatic carbocycles. The SMILES string of the molecule is O=C(Nc1cccc(NC(=O)C2CC3CCC2C3)n1)C1CC2CCC1C2. The average Bonchev–Trinajstić information content (AvgIpc) is 3.42. The largest absolute Gasteiger partial charge is 0.310 e. The number of carbonyl (C=O) groups excluding carboxylic acids is 2. The van der Waals surface area contributed by atoms with Crippen molar-refractivity contribution in [1.82, 2.24) is 4.98 Å². The molecule has 4 fully saturated rings. The van der Waals surface area contributed by atoms with Crippen LogP contribution in [0.15, 0.2) is 18.2 Å². The summed E-state index contributed by atoms with van der Waals surface area (Å²) in [5.74, 6) is 4.17. The number of anilines is 2. The van der Waals surface area contributed by atoms with Gasteiger partial charge < -0.3 is 10.6 Å². The lowest BCUT2D eigenvalue weighted by Crippen LogP contribution is -2.28. The van der Waals surface area contributed by atoms with Crippen molar-refractivity contribution in [3.05, 3.63) is 18.2 Å². The minimum atomic E-state index is 0.0984. The second kappa shape index (κ2) is 6.36. The third kappa shape index (κ3) is 2.91. The maximum atomic E-state index is 12.6. The molecule has 2 amide bonds. The first kappa shape index (κ1) is 16.3. The van der Waals surface area contributed by atoms with Gasteiger partial charge in [0.2, 0.25) is 11.8 Å². The van der Waals surface area contributed by atoms with E-state index >= 15 is 0 Å². The molecule has 5 rings (SSSR count). The number of hydrogen-bond donors (Lipinski definition) is 2. The van der Waals surface area contributed by atoms with Crippen molar-refractivity contribution in [3.8, 4) is 0 Å². The van der Waals surface area contributed by atoms with Gasteiger partial charge in [0.15, 0.2) is 0 Å². The first-order chi connectivity index (χ1) is 12.7. The molecule has 4 aliphatic carbocycles. The van der Waals surface area contributed by atoms with Gasteiger partial charge in [0, 0.05) is 11.8 Å². The van der Waals surface area contributed by atoms with Crippen molar-refractivity contribution in [2.45, 2.75) is 51.4 Å². The van der Waals surface area contributed by atoms with E-state index in [1.807, 2.05) is 6.07 Å². The Kier molecular flexibility index (Phi) is 3.98. The van der Waals surface area contributed by atoms with Crippen LogP contribution in [-0.2, 0) is 9.59 Å². The van der Waals surface area contributed by atoms with Crippen LogP contribution in [0.4, 0.5) is 11.6 Å². The second-order valence-corrected chi connectivity index (χ2v) is 8.95. The first-order valence-corrected chi connectivity index (χ1v) is 10.2. The molecule has 1 aromatic rings. The third-order valence-corrected chi connectivity index (χ3v) is 7.40. The number of nitrogens with one attached hydrogen (secondary N) is 2. The van der Waals surface area contributed by atoms with Gasteiger partial charge in [-0.2, -0.15) is 0 Å². The quantitative estimate of drug-likeness (QED) is 0.864. The number of fused-ring (bicyclic) bond motifs is 4. The van der Waals surface area contributed by atoms with Crippen molar-refractivity contribution in [2.24, 2.45) is 35.5 Å². The molecule has 0 aliphatic heterocycles. The molecule has 4 aliphatic rings. The van der Waals surface area contributed by atoms with Crippen molar-refractivity contribution < 1.29 is 9.59 Å². The molecule has 6 unspecified atom stereocenters. The lowest BCUT2D eigenvalue weighted by Gasteiger charge is -2.21. The third-order valence-electron chi connectivity index (χ3n) is 7.40. The van der Waals surface area contributed by atoms with Gasteiger partial charge in [-0.15, -0.1) is 0 Å². The number of rotatable bonds is 4. The van der Waals surface area contributed by atoms with Gasteiger partial charge >= 0.3 is 0 Å². The minimum absolute atomic E-state index is 0.0984. The summed E-state index contributed by atoms with van der Waals surface area (Å²) in [7, 11) is 0. The molecule has 26 heavy (non-hydrogen) atoms. The number of amides is 2. The van der Waals surface area contributed by atoms with E-state index < -0.39 is 0 Å². The number of carbonyl (C=O) groups is 2. The van der Waals surface area contributed by atoms with Gasteiger partial charge in [-0.1, -0.05) is 18.9 Å². The Bertz CT molecular complexity index is 676. The van der Waals surface area contributed by atoms with Crippen LogP contribution in [0.3, 0.4) is 0 Å². The maximum Gasteiger partial charge on any atom is 0.228 e. The normalized spacial score (nSPS) is 37.1. The Balaban J connectivity index is 1.21. The Morgan fingerprint density at radius 3 is 1.65 bits per heavy atom. The minimum Gasteiger partial charge on any atom is -0.310 e. The molecule has 1 heterocycles. The van der Waals surface area contributed by atoms with Crippen LogP contribution >= 0.6 is 0 Å². The predicted molar refractivity (Wildman–Crippen MR) is 99.4 cm³/mol. The number of nitrogens with zero attached hydrogens (tertiary/aromatic N) is 1. The Morgan fingerprint density at radius 1 is 0.769 bits per heavy atom. The van der Waals surface area contributed by atoms with Gasteiger partial charge in [0.1, 0.15) is 11.6 Å². The average molecular weight is 353 g/mol. The van der Waals surface area contributed by atoms with Crippen LogP contribution < -0.4 is 10.6 Å². The first-order valence-electron chi connectivity index (χ1n) is 10.2. The zero-order valence-electron chi connectivity index (χ0n) is 15.1. The fourth-order valence-corrected chi connectivity index (χ4v) is 6.14. The van der Waals surface area contributed by atoms with Gasteiger partial charge in [-0.25, -0.2) is 4.98 Å². The summed E-state index contributed by atoms with van der Waals surface area (Å²) in [4.78, 5) is 29.6. The van der Waals surface area contributed by atoms with Gasteiger partial charge in [0.05, 0.1) is 0 Å². The number of hydrogen-bond acceptors (Lipinski definition) is 3. The molecule has 0 saturated heterocycles. The Hall–Kier alpha value is -1.91. The molecule has 2 N–H and O–H groups in total. The van der Waals surface area contributed by atoms with Crippen molar-refractivity contribution >= 4 is 23.5 Å². The van der Waals surface area contributed by atoms with E-state index in [9.17, 15) is 9.59 Å². The van der Waals surface area contributed by atoms with E-state index in [1.165, 1.54) is 38.5 Å². The molecule has 138 valence electrons. The molecule has 4 bridgehead atoms. The van der Waals surface area contributed by atoms with Crippen molar-refractivity contribution in [1.29, 1.82) is 0 Å². The van der Waals surface area contributed by atoms with E-state index in [2.05, 4.69) is 15.6 Å². The van der Waals surface area contributed by atoms with Gasteiger partial charge in [0.25, 0.3) is 0 Å². The van der Waals surface area contributed by atoms with Gasteiger partial charge in [-0.3, -0.25) is 9.59 Å². The summed E-state index contributed by atoms with van der Waals surface area (Å²) in [6.07, 6.45) is 9.44. The fourth-order valence-electron chi connectivity index (χ4n) is 6.14. The van der Waals surface area contributed by atoms with Crippen molar-refractivity contribution in [2.75, 3.05) is 10.6 Å². The van der Waals surface area contributed by atoms with Crippen LogP contribution in [-0.4, -0.2) is 16.8 Å². The number of pyridine rings is 1. The zero-order valence-corrected chi connectivity index (χ0v) is 15.1. The fraction of sp³-hybridized carbons (Fsp3) is 0.667. The zero-order chi connectivity index (χ0) is 17.7. The molecule has 6 atom stereocenters. The topological polar surface area (TPSA) is 71.1 Å². The number of aromatic nitrogens is 1. The summed E-state index contributed by atoms with van der Waals surface area (Å²) < 4.78 is 0.